The molecule has 0 amide bonds. The molecule has 3 N–H and O–H groups in total. The van der Waals surface area contributed by atoms with Crippen molar-refractivity contribution in [1.82, 2.24) is 0 Å². The zero-order chi connectivity index (χ0) is 9.26. The molecule has 0 spiro atoms. The van der Waals surface area contributed by atoms with E-state index < -0.39 is 0 Å². The quantitative estimate of drug-likeness (QED) is 0.702. The summed E-state index contributed by atoms with van der Waals surface area (Å²) in [7, 11) is 0. The molecule has 70 valence electrons. The number of aromatic hydroxyl groups is 1. The average molecular weight is 181 g/mol. The van der Waals surface area contributed by atoms with Crippen LogP contribution in [-0.2, 0) is 6.42 Å². The van der Waals surface area contributed by atoms with Gasteiger partial charge >= 0.3 is 0 Å². The van der Waals surface area contributed by atoms with Crippen molar-refractivity contribution in [3.63, 3.8) is 0 Å². The lowest BCUT2D eigenvalue weighted by molar-refractivity contribution is 0.173. The highest BCUT2D eigenvalue weighted by Crippen LogP contribution is 2.40. The first kappa shape index (κ1) is 8.19. The van der Waals surface area contributed by atoms with Crippen LogP contribution in [0.5, 0.6) is 17.2 Å². The maximum absolute atomic E-state index is 9.51. The molecule has 0 atom stereocenters. The molecule has 0 saturated carbocycles. The standard InChI is InChI=1S/C9H11NO3/c10-4-3-6-7(11)1-2-8-9(6)13-5-12-8/h1-2,11H,3-5,10H2. The van der Waals surface area contributed by atoms with Gasteiger partial charge in [0.05, 0.1) is 0 Å². The minimum absolute atomic E-state index is 0.217. The van der Waals surface area contributed by atoms with E-state index in [9.17, 15) is 5.11 Å². The second-order valence-electron chi connectivity index (χ2n) is 2.84. The van der Waals surface area contributed by atoms with E-state index in [0.717, 1.165) is 5.56 Å². The van der Waals surface area contributed by atoms with Gasteiger partial charge in [-0.1, -0.05) is 0 Å². The molecule has 0 saturated heterocycles. The molecule has 0 radical (unpaired) electrons. The minimum atomic E-state index is 0.217. The molecule has 13 heavy (non-hydrogen) atoms. The Morgan fingerprint density at radius 3 is 3.00 bits per heavy atom. The van der Waals surface area contributed by atoms with Crippen molar-refractivity contribution in [3.05, 3.63) is 17.7 Å². The summed E-state index contributed by atoms with van der Waals surface area (Å²) in [5.74, 6) is 1.53. The van der Waals surface area contributed by atoms with Gasteiger partial charge in [-0.25, -0.2) is 0 Å². The monoisotopic (exact) mass is 181 g/mol. The van der Waals surface area contributed by atoms with Crippen molar-refractivity contribution >= 4 is 0 Å². The summed E-state index contributed by atoms with van der Waals surface area (Å²) >= 11 is 0. The maximum atomic E-state index is 9.51. The van der Waals surface area contributed by atoms with Gasteiger partial charge in [0.1, 0.15) is 5.75 Å². The molecule has 1 aromatic carbocycles. The molecule has 1 heterocycles. The maximum Gasteiger partial charge on any atom is 0.231 e. The van der Waals surface area contributed by atoms with Crippen LogP contribution in [0.2, 0.25) is 0 Å². The second kappa shape index (κ2) is 3.14. The Kier molecular flexibility index (Phi) is 1.98. The highest BCUT2D eigenvalue weighted by molar-refractivity contribution is 5.54. The minimum Gasteiger partial charge on any atom is -0.508 e. The van der Waals surface area contributed by atoms with Crippen molar-refractivity contribution in [1.29, 1.82) is 0 Å². The van der Waals surface area contributed by atoms with Crippen LogP contribution in [0.25, 0.3) is 0 Å². The van der Waals surface area contributed by atoms with Crippen LogP contribution in [0.15, 0.2) is 12.1 Å². The smallest absolute Gasteiger partial charge is 0.231 e. The topological polar surface area (TPSA) is 64.7 Å². The molecule has 0 aromatic heterocycles. The van der Waals surface area contributed by atoms with E-state index in [0.29, 0.717) is 24.5 Å². The van der Waals surface area contributed by atoms with Crippen LogP contribution >= 0.6 is 0 Å². The van der Waals surface area contributed by atoms with Gasteiger partial charge in [-0.15, -0.1) is 0 Å². The number of fused-ring (bicyclic) bond motifs is 1. The van der Waals surface area contributed by atoms with Crippen LogP contribution in [-0.4, -0.2) is 18.4 Å². The molecule has 0 bridgehead atoms. The summed E-state index contributed by atoms with van der Waals surface area (Å²) in [5.41, 5.74) is 6.15. The van der Waals surface area contributed by atoms with Crippen molar-refractivity contribution < 1.29 is 14.6 Å². The van der Waals surface area contributed by atoms with E-state index in [1.807, 2.05) is 0 Å². The van der Waals surface area contributed by atoms with E-state index in [1.165, 1.54) is 0 Å². The first-order valence-corrected chi connectivity index (χ1v) is 4.13. The Bertz CT molecular complexity index is 325. The predicted molar refractivity (Wildman–Crippen MR) is 47.0 cm³/mol. The van der Waals surface area contributed by atoms with E-state index in [-0.39, 0.29) is 12.5 Å². The average Bonchev–Trinajstić information content (AvgIpc) is 2.58. The highest BCUT2D eigenvalue weighted by atomic mass is 16.7. The van der Waals surface area contributed by atoms with Crippen LogP contribution < -0.4 is 15.2 Å². The molecule has 0 aliphatic carbocycles. The van der Waals surface area contributed by atoms with Crippen LogP contribution in [0.3, 0.4) is 0 Å². The van der Waals surface area contributed by atoms with E-state index in [1.54, 1.807) is 12.1 Å². The van der Waals surface area contributed by atoms with Gasteiger partial charge in [0.15, 0.2) is 11.5 Å². The molecule has 0 fully saturated rings. The largest absolute Gasteiger partial charge is 0.508 e. The van der Waals surface area contributed by atoms with Gasteiger partial charge in [0.2, 0.25) is 6.79 Å². The number of phenolic OH excluding ortho intramolecular Hbond substituents is 1. The van der Waals surface area contributed by atoms with Gasteiger partial charge < -0.3 is 20.3 Å². The summed E-state index contributed by atoms with van der Waals surface area (Å²) in [6.07, 6.45) is 0.596. The third-order valence-electron chi connectivity index (χ3n) is 2.01. The summed E-state index contributed by atoms with van der Waals surface area (Å²) in [6, 6.07) is 3.29. The SMILES string of the molecule is NCCc1c(O)ccc2c1OCO2. The van der Waals surface area contributed by atoms with Gasteiger partial charge in [-0.05, 0) is 25.1 Å². The number of hydrogen-bond donors (Lipinski definition) is 2. The highest BCUT2D eigenvalue weighted by Gasteiger charge is 2.19. The molecule has 0 unspecified atom stereocenters. The third kappa shape index (κ3) is 1.29. The fourth-order valence-corrected chi connectivity index (χ4v) is 1.41. The van der Waals surface area contributed by atoms with Gasteiger partial charge in [0, 0.05) is 5.56 Å². The number of nitrogens with two attached hydrogens (primary N) is 1. The number of hydrogen-bond acceptors (Lipinski definition) is 4. The van der Waals surface area contributed by atoms with Gasteiger partial charge in [-0.2, -0.15) is 0 Å². The Hall–Kier alpha value is -1.42. The Labute approximate surface area is 75.9 Å². The number of ether oxygens (including phenoxy) is 2. The first-order valence-electron chi connectivity index (χ1n) is 4.13. The molecular formula is C9H11NO3. The van der Waals surface area contributed by atoms with E-state index in [4.69, 9.17) is 15.2 Å². The second-order valence-corrected chi connectivity index (χ2v) is 2.84. The Balaban J connectivity index is 2.45. The lowest BCUT2D eigenvalue weighted by Gasteiger charge is -2.06. The summed E-state index contributed by atoms with van der Waals surface area (Å²) in [4.78, 5) is 0. The molecular weight excluding hydrogens is 170 g/mol. The Morgan fingerprint density at radius 2 is 2.23 bits per heavy atom. The lowest BCUT2D eigenvalue weighted by atomic mass is 10.1. The number of rotatable bonds is 2. The van der Waals surface area contributed by atoms with Crippen LogP contribution in [0.1, 0.15) is 5.56 Å². The molecule has 1 aliphatic rings. The van der Waals surface area contributed by atoms with Crippen molar-refractivity contribution in [3.8, 4) is 17.2 Å². The van der Waals surface area contributed by atoms with Gasteiger partial charge in [-0.3, -0.25) is 0 Å². The zero-order valence-corrected chi connectivity index (χ0v) is 7.12. The fourth-order valence-electron chi connectivity index (χ4n) is 1.41. The van der Waals surface area contributed by atoms with Crippen LogP contribution in [0, 0.1) is 0 Å². The third-order valence-corrected chi connectivity index (χ3v) is 2.01. The van der Waals surface area contributed by atoms with Crippen LogP contribution in [0.4, 0.5) is 0 Å². The zero-order valence-electron chi connectivity index (χ0n) is 7.12. The Morgan fingerprint density at radius 1 is 1.38 bits per heavy atom. The summed E-state index contributed by atoms with van der Waals surface area (Å²) in [6.45, 7) is 0.698. The van der Waals surface area contributed by atoms with Crippen molar-refractivity contribution in [2.24, 2.45) is 5.73 Å². The molecule has 1 aliphatic heterocycles. The number of benzene rings is 1. The summed E-state index contributed by atoms with van der Waals surface area (Å²) < 4.78 is 10.4. The normalized spacial score (nSPS) is 13.3. The fraction of sp³-hybridized carbons (Fsp3) is 0.333. The number of phenols is 1. The lowest BCUT2D eigenvalue weighted by Crippen LogP contribution is -2.04. The molecule has 4 nitrogen and oxygen atoms in total. The first-order chi connectivity index (χ1) is 6.33. The molecule has 4 heteroatoms. The summed E-state index contributed by atoms with van der Waals surface area (Å²) in [5, 5.41) is 9.51. The van der Waals surface area contributed by atoms with Crippen molar-refractivity contribution in [2.75, 3.05) is 13.3 Å². The van der Waals surface area contributed by atoms with Gasteiger partial charge in [0.25, 0.3) is 0 Å². The predicted octanol–water partition coefficient (Wildman–Crippen LogP) is 0.622. The van der Waals surface area contributed by atoms with E-state index >= 15 is 0 Å². The van der Waals surface area contributed by atoms with E-state index in [2.05, 4.69) is 0 Å². The van der Waals surface area contributed by atoms with Crippen molar-refractivity contribution in [2.45, 2.75) is 6.42 Å². The molecule has 2 rings (SSSR count). The molecule has 1 aromatic rings.